The van der Waals surface area contributed by atoms with Gasteiger partial charge in [-0.2, -0.15) is 0 Å². The fourth-order valence-electron chi connectivity index (χ4n) is 9.65. The monoisotopic (exact) mass is 1070 g/mol. The number of aliphatic hydroxyl groups is 1. The van der Waals surface area contributed by atoms with Crippen LogP contribution in [0.5, 0.6) is 0 Å². The first-order valence-corrected chi connectivity index (χ1v) is 34.0. The van der Waals surface area contributed by atoms with Crippen molar-refractivity contribution in [3.63, 3.8) is 0 Å². The lowest BCUT2D eigenvalue weighted by atomic mass is 10.0. The van der Waals surface area contributed by atoms with E-state index in [0.717, 1.165) is 44.9 Å². The molecule has 0 saturated carbocycles. The van der Waals surface area contributed by atoms with E-state index < -0.39 is 26.6 Å². The molecule has 2 N–H and O–H groups in total. The highest BCUT2D eigenvalue weighted by molar-refractivity contribution is 7.45. The number of likely N-dealkylation sites (N-methyl/N-ethyl adjacent to an activating group) is 1. The van der Waals surface area contributed by atoms with Gasteiger partial charge in [0.15, 0.2) is 0 Å². The van der Waals surface area contributed by atoms with Crippen LogP contribution in [0.1, 0.15) is 316 Å². The topological polar surface area (TPSA) is 108 Å². The minimum Gasteiger partial charge on any atom is -0.756 e. The van der Waals surface area contributed by atoms with E-state index in [9.17, 15) is 19.4 Å². The van der Waals surface area contributed by atoms with E-state index in [-0.39, 0.29) is 12.5 Å². The van der Waals surface area contributed by atoms with Gasteiger partial charge in [-0.15, -0.1) is 0 Å². The van der Waals surface area contributed by atoms with Crippen LogP contribution in [0.4, 0.5) is 0 Å². The number of phosphoric ester groups is 1. The van der Waals surface area contributed by atoms with Crippen LogP contribution in [0.15, 0.2) is 48.6 Å². The fourth-order valence-corrected chi connectivity index (χ4v) is 10.4. The zero-order valence-corrected chi connectivity index (χ0v) is 51.4. The Morgan fingerprint density at radius 2 is 0.747 bits per heavy atom. The molecule has 0 aliphatic carbocycles. The number of rotatable bonds is 60. The van der Waals surface area contributed by atoms with Crippen molar-refractivity contribution < 1.29 is 32.9 Å². The molecule has 0 radical (unpaired) electrons. The number of nitrogens with one attached hydrogen (secondary N) is 1. The van der Waals surface area contributed by atoms with Crippen molar-refractivity contribution in [2.45, 2.75) is 328 Å². The van der Waals surface area contributed by atoms with Gasteiger partial charge in [-0.3, -0.25) is 9.36 Å². The second kappa shape index (κ2) is 57.2. The van der Waals surface area contributed by atoms with Gasteiger partial charge in [0, 0.05) is 6.42 Å². The van der Waals surface area contributed by atoms with Gasteiger partial charge in [-0.1, -0.05) is 287 Å². The van der Waals surface area contributed by atoms with E-state index in [4.69, 9.17) is 9.05 Å². The highest BCUT2D eigenvalue weighted by Crippen LogP contribution is 2.38. The average Bonchev–Trinajstić information content (AvgIpc) is 3.37. The molecule has 9 heteroatoms. The van der Waals surface area contributed by atoms with Crippen molar-refractivity contribution in [3.05, 3.63) is 48.6 Å². The molecular formula is C66H127N2O6P. The molecule has 75 heavy (non-hydrogen) atoms. The molecule has 0 aromatic rings. The number of carbonyl (C=O) groups excluding carboxylic acids is 1. The molecule has 0 saturated heterocycles. The molecule has 0 fully saturated rings. The van der Waals surface area contributed by atoms with E-state index >= 15 is 0 Å². The maximum Gasteiger partial charge on any atom is 0.268 e. The van der Waals surface area contributed by atoms with Crippen molar-refractivity contribution in [1.82, 2.24) is 5.32 Å². The number of quaternary nitrogens is 1. The molecular weight excluding hydrogens is 948 g/mol. The minimum atomic E-state index is -4.61. The summed E-state index contributed by atoms with van der Waals surface area (Å²) in [7, 11) is 1.24. The number of unbranched alkanes of at least 4 members (excludes halogenated alkanes) is 41. The van der Waals surface area contributed by atoms with Crippen LogP contribution in [0.2, 0.25) is 0 Å². The molecule has 0 heterocycles. The van der Waals surface area contributed by atoms with Crippen molar-refractivity contribution in [3.8, 4) is 0 Å². The Labute approximate surface area is 467 Å². The summed E-state index contributed by atoms with van der Waals surface area (Å²) >= 11 is 0. The zero-order chi connectivity index (χ0) is 54.9. The van der Waals surface area contributed by atoms with Crippen LogP contribution in [-0.4, -0.2) is 68.5 Å². The van der Waals surface area contributed by atoms with Gasteiger partial charge in [-0.05, 0) is 70.6 Å². The molecule has 442 valence electrons. The zero-order valence-electron chi connectivity index (χ0n) is 50.5. The van der Waals surface area contributed by atoms with Crippen molar-refractivity contribution in [2.75, 3.05) is 40.9 Å². The number of aliphatic hydroxyl groups excluding tert-OH is 1. The van der Waals surface area contributed by atoms with Gasteiger partial charge in [0.2, 0.25) is 5.91 Å². The molecule has 3 atom stereocenters. The average molecular weight is 1080 g/mol. The second-order valence-corrected chi connectivity index (χ2v) is 24.9. The number of carbonyl (C=O) groups is 1. The van der Waals surface area contributed by atoms with Gasteiger partial charge in [0.05, 0.1) is 39.9 Å². The molecule has 0 aliphatic rings. The third-order valence-electron chi connectivity index (χ3n) is 14.7. The lowest BCUT2D eigenvalue weighted by molar-refractivity contribution is -0.870. The van der Waals surface area contributed by atoms with Crippen molar-refractivity contribution in [1.29, 1.82) is 0 Å². The third kappa shape index (κ3) is 60.0. The quantitative estimate of drug-likeness (QED) is 0.0272. The number of hydrogen-bond acceptors (Lipinski definition) is 6. The summed E-state index contributed by atoms with van der Waals surface area (Å²) in [5, 5.41) is 13.8. The molecule has 8 nitrogen and oxygen atoms in total. The van der Waals surface area contributed by atoms with Gasteiger partial charge < -0.3 is 28.8 Å². The first-order chi connectivity index (χ1) is 36.5. The predicted octanol–water partition coefficient (Wildman–Crippen LogP) is 19.6. The van der Waals surface area contributed by atoms with E-state index in [0.29, 0.717) is 17.4 Å². The highest BCUT2D eigenvalue weighted by Gasteiger charge is 2.23. The van der Waals surface area contributed by atoms with Gasteiger partial charge >= 0.3 is 0 Å². The SMILES string of the molecule is CCCCCC/C=C/CC/C=C/CC/C=C/C(O)C(COP(=O)([O-])OCC[N+](C)(C)C)NC(=O)CCCCCCCCCCCCCCCCCCCCCCCCCCCCC/C=C\CCCCCCCCCC. The number of allylic oxidation sites excluding steroid dienone is 7. The summed E-state index contributed by atoms with van der Waals surface area (Å²) in [6.45, 7) is 4.62. The Morgan fingerprint density at radius 3 is 1.09 bits per heavy atom. The van der Waals surface area contributed by atoms with Crippen LogP contribution < -0.4 is 10.2 Å². The minimum absolute atomic E-state index is 0.00821. The van der Waals surface area contributed by atoms with Gasteiger partial charge in [0.25, 0.3) is 7.82 Å². The smallest absolute Gasteiger partial charge is 0.268 e. The van der Waals surface area contributed by atoms with E-state index in [1.54, 1.807) is 6.08 Å². The van der Waals surface area contributed by atoms with E-state index in [2.05, 4.69) is 55.6 Å². The Morgan fingerprint density at radius 1 is 0.453 bits per heavy atom. The summed E-state index contributed by atoms with van der Waals surface area (Å²) in [5.41, 5.74) is 0. The normalized spacial score (nSPS) is 14.1. The maximum atomic E-state index is 13.0. The van der Waals surface area contributed by atoms with Crippen LogP contribution in [0.3, 0.4) is 0 Å². The fraction of sp³-hybridized carbons (Fsp3) is 0.864. The number of amides is 1. The first-order valence-electron chi connectivity index (χ1n) is 32.5. The van der Waals surface area contributed by atoms with Gasteiger partial charge in [-0.25, -0.2) is 0 Å². The summed E-state index contributed by atoms with van der Waals surface area (Å²) in [6.07, 6.45) is 76.8. The van der Waals surface area contributed by atoms with Crippen LogP contribution >= 0.6 is 7.82 Å². The van der Waals surface area contributed by atoms with Crippen LogP contribution in [0, 0.1) is 0 Å². The first kappa shape index (κ1) is 73.5. The second-order valence-electron chi connectivity index (χ2n) is 23.4. The Kier molecular flexibility index (Phi) is 56.0. The predicted molar refractivity (Wildman–Crippen MR) is 325 cm³/mol. The molecule has 0 aliphatic heterocycles. The number of phosphoric acid groups is 1. The summed E-state index contributed by atoms with van der Waals surface area (Å²) in [5.74, 6) is -0.207. The Bertz CT molecular complexity index is 1360. The lowest BCUT2D eigenvalue weighted by Gasteiger charge is -2.29. The summed E-state index contributed by atoms with van der Waals surface area (Å²) in [4.78, 5) is 25.5. The Hall–Kier alpha value is -1.54. The molecule has 0 spiro atoms. The van der Waals surface area contributed by atoms with E-state index in [1.165, 1.54) is 250 Å². The molecule has 1 amide bonds. The molecule has 0 aromatic heterocycles. The molecule has 0 aromatic carbocycles. The van der Waals surface area contributed by atoms with E-state index in [1.807, 2.05) is 27.2 Å². The Balaban J connectivity index is 3.89. The van der Waals surface area contributed by atoms with Crippen LogP contribution in [-0.2, 0) is 18.4 Å². The highest BCUT2D eigenvalue weighted by atomic mass is 31.2. The number of nitrogens with zero attached hydrogens (tertiary/aromatic N) is 1. The van der Waals surface area contributed by atoms with Crippen molar-refractivity contribution in [2.24, 2.45) is 0 Å². The molecule has 0 bridgehead atoms. The standard InChI is InChI=1S/C66H127N2O6P/c1-6-8-10-12-14-16-18-20-22-23-24-25-26-27-28-29-30-31-32-33-34-35-36-37-38-39-40-41-42-43-44-45-46-48-50-52-54-56-58-60-66(70)67-64(63-74-75(71,72)73-62-61-68(3,4)5)65(69)59-57-55-53-51-49-47-21-19-17-15-13-11-9-7-2/h17,19,23-24,49,51,57,59,64-65,69H,6-16,18,20-22,25-48,50,52-56,58,60-63H2,1-5H3,(H-,67,70,71,72)/b19-17+,24-23-,51-49+,59-57+. The molecule has 3 unspecified atom stereocenters. The van der Waals surface area contributed by atoms with Gasteiger partial charge in [0.1, 0.15) is 13.2 Å². The third-order valence-corrected chi connectivity index (χ3v) is 15.7. The molecule has 0 rings (SSSR count). The summed E-state index contributed by atoms with van der Waals surface area (Å²) in [6, 6.07) is -0.908. The largest absolute Gasteiger partial charge is 0.756 e. The maximum absolute atomic E-state index is 13.0. The van der Waals surface area contributed by atoms with Crippen LogP contribution in [0.25, 0.3) is 0 Å². The van der Waals surface area contributed by atoms with Crippen molar-refractivity contribution >= 4 is 13.7 Å². The number of hydrogen-bond donors (Lipinski definition) is 2. The lowest BCUT2D eigenvalue weighted by Crippen LogP contribution is -2.45. The summed E-state index contributed by atoms with van der Waals surface area (Å²) < 4.78 is 23.3.